The highest BCUT2D eigenvalue weighted by atomic mass is 16.3. The van der Waals surface area contributed by atoms with Crippen molar-refractivity contribution in [2.24, 2.45) is 0 Å². The van der Waals surface area contributed by atoms with Crippen molar-refractivity contribution in [1.29, 1.82) is 0 Å². The zero-order valence-electron chi connectivity index (χ0n) is 21.8. The van der Waals surface area contributed by atoms with Gasteiger partial charge in [-0.3, -0.25) is 4.98 Å². The van der Waals surface area contributed by atoms with Crippen molar-refractivity contribution in [3.63, 3.8) is 0 Å². The molecule has 1 fully saturated rings. The summed E-state index contributed by atoms with van der Waals surface area (Å²) in [4.78, 5) is 19.4. The van der Waals surface area contributed by atoms with E-state index in [4.69, 9.17) is 0 Å². The normalized spacial score (nSPS) is 15.2. The molecule has 1 aliphatic heterocycles. The standard InChI is InChI=1S/C31H35N5O2/c1-23-20-29(27-12-5-6-13-28(27)33-23)34-25-10-7-11-26(21-25)35-30(37)32-16-19-36-17-14-31(38,15-18-36)22-24-8-3-2-4-9-24/h2-13,20-21,38H,14-19,22H2,1H3,(H,33,34)(H2,32,35,37). The molecule has 0 saturated carbocycles. The summed E-state index contributed by atoms with van der Waals surface area (Å²) in [5.74, 6) is 0. The molecular weight excluding hydrogens is 474 g/mol. The molecular formula is C31H35N5O2. The molecule has 5 rings (SSSR count). The first-order valence-electron chi connectivity index (χ1n) is 13.2. The average molecular weight is 510 g/mol. The Hall–Kier alpha value is -3.94. The Morgan fingerprint density at radius 1 is 0.947 bits per heavy atom. The van der Waals surface area contributed by atoms with Crippen LogP contribution >= 0.6 is 0 Å². The van der Waals surface area contributed by atoms with Gasteiger partial charge in [0.05, 0.1) is 11.1 Å². The minimum atomic E-state index is -0.650. The molecule has 1 saturated heterocycles. The van der Waals surface area contributed by atoms with Crippen molar-refractivity contribution >= 4 is 34.0 Å². The highest BCUT2D eigenvalue weighted by Gasteiger charge is 2.32. The first-order valence-corrected chi connectivity index (χ1v) is 13.2. The second kappa shape index (κ2) is 11.6. The number of nitrogens with one attached hydrogen (secondary N) is 3. The second-order valence-corrected chi connectivity index (χ2v) is 10.1. The molecule has 0 aliphatic carbocycles. The molecule has 0 atom stereocenters. The monoisotopic (exact) mass is 509 g/mol. The Kier molecular flexibility index (Phi) is 7.86. The maximum absolute atomic E-state index is 12.5. The van der Waals surface area contributed by atoms with E-state index >= 15 is 0 Å². The topological polar surface area (TPSA) is 89.5 Å². The number of fused-ring (bicyclic) bond motifs is 1. The van der Waals surface area contributed by atoms with Gasteiger partial charge in [0, 0.05) is 60.7 Å². The van der Waals surface area contributed by atoms with E-state index in [0.29, 0.717) is 18.7 Å². The molecule has 0 radical (unpaired) electrons. The van der Waals surface area contributed by atoms with Gasteiger partial charge in [0.1, 0.15) is 0 Å². The van der Waals surface area contributed by atoms with Crippen molar-refractivity contribution in [2.45, 2.75) is 31.8 Å². The van der Waals surface area contributed by atoms with Gasteiger partial charge in [-0.25, -0.2) is 4.79 Å². The molecule has 4 aromatic rings. The summed E-state index contributed by atoms with van der Waals surface area (Å²) in [6.07, 6.45) is 2.16. The fraction of sp³-hybridized carbons (Fsp3) is 0.290. The third-order valence-electron chi connectivity index (χ3n) is 7.12. The molecule has 1 aromatic heterocycles. The summed E-state index contributed by atoms with van der Waals surface area (Å²) in [5.41, 5.74) is 4.98. The van der Waals surface area contributed by atoms with Crippen LogP contribution in [-0.2, 0) is 6.42 Å². The Morgan fingerprint density at radius 3 is 2.50 bits per heavy atom. The predicted molar refractivity (Wildman–Crippen MR) is 154 cm³/mol. The number of anilines is 3. The number of hydrogen-bond donors (Lipinski definition) is 4. The number of urea groups is 1. The predicted octanol–water partition coefficient (Wildman–Crippen LogP) is 5.48. The minimum absolute atomic E-state index is 0.232. The number of rotatable bonds is 8. The number of benzene rings is 3. The number of carbonyl (C=O) groups excluding carboxylic acids is 1. The molecule has 196 valence electrons. The zero-order chi connectivity index (χ0) is 26.4. The molecule has 7 nitrogen and oxygen atoms in total. The van der Waals surface area contributed by atoms with Gasteiger partial charge in [0.25, 0.3) is 0 Å². The van der Waals surface area contributed by atoms with Crippen LogP contribution in [-0.4, -0.2) is 52.8 Å². The van der Waals surface area contributed by atoms with Gasteiger partial charge in [-0.15, -0.1) is 0 Å². The van der Waals surface area contributed by atoms with Crippen molar-refractivity contribution in [1.82, 2.24) is 15.2 Å². The number of para-hydroxylation sites is 1. The Morgan fingerprint density at radius 2 is 1.68 bits per heavy atom. The fourth-order valence-corrected chi connectivity index (χ4v) is 5.09. The van der Waals surface area contributed by atoms with Crippen LogP contribution in [0.5, 0.6) is 0 Å². The number of nitrogens with zero attached hydrogens (tertiary/aromatic N) is 2. The van der Waals surface area contributed by atoms with Gasteiger partial charge in [0.2, 0.25) is 0 Å². The van der Waals surface area contributed by atoms with Gasteiger partial charge in [0.15, 0.2) is 0 Å². The third-order valence-corrected chi connectivity index (χ3v) is 7.12. The third kappa shape index (κ3) is 6.68. The van der Waals surface area contributed by atoms with Gasteiger partial charge in [-0.2, -0.15) is 0 Å². The van der Waals surface area contributed by atoms with E-state index in [1.165, 1.54) is 5.56 Å². The van der Waals surface area contributed by atoms with Crippen LogP contribution in [0.15, 0.2) is 84.9 Å². The lowest BCUT2D eigenvalue weighted by Gasteiger charge is -2.38. The van der Waals surface area contributed by atoms with Crippen LogP contribution in [0.2, 0.25) is 0 Å². The van der Waals surface area contributed by atoms with Crippen LogP contribution in [0.25, 0.3) is 10.9 Å². The van der Waals surface area contributed by atoms with Gasteiger partial charge in [-0.1, -0.05) is 54.6 Å². The van der Waals surface area contributed by atoms with Gasteiger partial charge in [-0.05, 0) is 55.7 Å². The number of likely N-dealkylation sites (tertiary alicyclic amines) is 1. The van der Waals surface area contributed by atoms with E-state index in [0.717, 1.165) is 60.4 Å². The lowest BCUT2D eigenvalue weighted by atomic mass is 9.85. The Balaban J connectivity index is 1.09. The van der Waals surface area contributed by atoms with Crippen LogP contribution in [0, 0.1) is 6.92 Å². The summed E-state index contributed by atoms with van der Waals surface area (Å²) < 4.78 is 0. The van der Waals surface area contributed by atoms with Crippen LogP contribution in [0.4, 0.5) is 21.9 Å². The summed E-state index contributed by atoms with van der Waals surface area (Å²) >= 11 is 0. The molecule has 4 N–H and O–H groups in total. The highest BCUT2D eigenvalue weighted by molar-refractivity contribution is 5.94. The first kappa shape index (κ1) is 25.7. The average Bonchev–Trinajstić information content (AvgIpc) is 2.90. The van der Waals surface area contributed by atoms with Crippen LogP contribution in [0.3, 0.4) is 0 Å². The summed E-state index contributed by atoms with van der Waals surface area (Å²) in [6.45, 7) is 4.93. The molecule has 38 heavy (non-hydrogen) atoms. The maximum atomic E-state index is 12.5. The van der Waals surface area contributed by atoms with Crippen molar-refractivity contribution in [3.05, 3.63) is 96.2 Å². The molecule has 0 spiro atoms. The Bertz CT molecular complexity index is 1380. The van der Waals surface area contributed by atoms with E-state index in [9.17, 15) is 9.90 Å². The van der Waals surface area contributed by atoms with Gasteiger partial charge < -0.3 is 26.0 Å². The molecule has 3 aromatic carbocycles. The largest absolute Gasteiger partial charge is 0.389 e. The summed E-state index contributed by atoms with van der Waals surface area (Å²) in [6, 6.07) is 27.7. The second-order valence-electron chi connectivity index (χ2n) is 10.1. The zero-order valence-corrected chi connectivity index (χ0v) is 21.8. The quantitative estimate of drug-likeness (QED) is 0.253. The van der Waals surface area contributed by atoms with Crippen LogP contribution < -0.4 is 16.0 Å². The molecule has 0 bridgehead atoms. The number of pyridine rings is 1. The Labute approximate surface area is 223 Å². The number of aromatic nitrogens is 1. The van der Waals surface area contributed by atoms with Crippen molar-refractivity contribution in [2.75, 3.05) is 36.8 Å². The molecule has 7 heteroatoms. The SMILES string of the molecule is Cc1cc(Nc2cccc(NC(=O)NCCN3CCC(O)(Cc4ccccc4)CC3)c2)c2ccccc2n1. The molecule has 2 heterocycles. The van der Waals surface area contributed by atoms with Crippen molar-refractivity contribution < 1.29 is 9.90 Å². The number of amides is 2. The molecule has 2 amide bonds. The number of aryl methyl sites for hydroxylation is 1. The van der Waals surface area contributed by atoms with E-state index in [2.05, 4.69) is 38.0 Å². The van der Waals surface area contributed by atoms with Crippen LogP contribution in [0.1, 0.15) is 24.1 Å². The van der Waals surface area contributed by atoms with Gasteiger partial charge >= 0.3 is 6.03 Å². The number of hydrogen-bond acceptors (Lipinski definition) is 5. The minimum Gasteiger partial charge on any atom is -0.389 e. The van der Waals surface area contributed by atoms with E-state index < -0.39 is 5.60 Å². The number of carbonyl (C=O) groups is 1. The van der Waals surface area contributed by atoms with E-state index in [1.807, 2.05) is 79.7 Å². The highest BCUT2D eigenvalue weighted by Crippen LogP contribution is 2.28. The van der Waals surface area contributed by atoms with Crippen molar-refractivity contribution in [3.8, 4) is 0 Å². The van der Waals surface area contributed by atoms with E-state index in [1.54, 1.807) is 0 Å². The molecule has 1 aliphatic rings. The molecule has 0 unspecified atom stereocenters. The number of aliphatic hydroxyl groups is 1. The van der Waals surface area contributed by atoms with E-state index in [-0.39, 0.29) is 6.03 Å². The summed E-state index contributed by atoms with van der Waals surface area (Å²) in [5, 5.41) is 21.4. The fourth-order valence-electron chi connectivity index (χ4n) is 5.09. The number of piperidine rings is 1. The first-order chi connectivity index (χ1) is 18.5. The lowest BCUT2D eigenvalue weighted by Crippen LogP contribution is -2.47. The summed E-state index contributed by atoms with van der Waals surface area (Å²) in [7, 11) is 0. The lowest BCUT2D eigenvalue weighted by molar-refractivity contribution is -0.0201. The maximum Gasteiger partial charge on any atom is 0.319 e. The smallest absolute Gasteiger partial charge is 0.319 e.